The van der Waals surface area contributed by atoms with Crippen LogP contribution in [-0.2, 0) is 16.1 Å². The Morgan fingerprint density at radius 3 is 1.79 bits per heavy atom. The van der Waals surface area contributed by atoms with Crippen LogP contribution >= 0.6 is 0 Å². The third kappa shape index (κ3) is 3.40. The van der Waals surface area contributed by atoms with Crippen LogP contribution in [0, 0.1) is 43.9 Å². The number of nitrogens with zero attached hydrogens (tertiary/aromatic N) is 4. The van der Waals surface area contributed by atoms with E-state index in [4.69, 9.17) is 0 Å². The van der Waals surface area contributed by atoms with Gasteiger partial charge in [0.2, 0.25) is 0 Å². The average Bonchev–Trinajstić information content (AvgIpc) is 3.51. The second-order valence-electron chi connectivity index (χ2n) is 8.96. The van der Waals surface area contributed by atoms with Crippen LogP contribution in [0.3, 0.4) is 0 Å². The molecule has 5 rings (SSSR count). The van der Waals surface area contributed by atoms with Crippen LogP contribution in [0.2, 0.25) is 0 Å². The molecule has 0 radical (unpaired) electrons. The molecular formula is C23H20N4O7. The smallest absolute Gasteiger partial charge is 0.272 e. The molecular weight excluding hydrogens is 444 g/mol. The second kappa shape index (κ2) is 8.01. The van der Waals surface area contributed by atoms with Crippen molar-refractivity contribution in [2.24, 2.45) is 23.7 Å². The van der Waals surface area contributed by atoms with Crippen molar-refractivity contribution in [2.45, 2.75) is 25.8 Å². The zero-order valence-corrected chi connectivity index (χ0v) is 17.9. The predicted octanol–water partition coefficient (Wildman–Crippen LogP) is 3.09. The summed E-state index contributed by atoms with van der Waals surface area (Å²) in [6, 6.07) is 10.4. The van der Waals surface area contributed by atoms with Gasteiger partial charge in [0.1, 0.15) is 0 Å². The number of benzene rings is 2. The first kappa shape index (κ1) is 21.7. The van der Waals surface area contributed by atoms with Crippen LogP contribution in [0.1, 0.15) is 35.2 Å². The molecule has 1 heterocycles. The molecule has 2 saturated carbocycles. The van der Waals surface area contributed by atoms with E-state index >= 15 is 0 Å². The summed E-state index contributed by atoms with van der Waals surface area (Å²) < 4.78 is 0. The Labute approximate surface area is 193 Å². The zero-order valence-electron chi connectivity index (χ0n) is 17.9. The Hall–Kier alpha value is -4.15. The fourth-order valence-electron chi connectivity index (χ4n) is 5.64. The lowest BCUT2D eigenvalue weighted by Crippen LogP contribution is -2.50. The number of non-ortho nitro benzene ring substituents is 2. The maximum atomic E-state index is 13.5. The molecule has 2 aliphatic carbocycles. The van der Waals surface area contributed by atoms with Gasteiger partial charge < -0.3 is 0 Å². The lowest BCUT2D eigenvalue weighted by molar-refractivity contribution is -0.385. The summed E-state index contributed by atoms with van der Waals surface area (Å²) in [6.45, 7) is -0.167. The highest BCUT2D eigenvalue weighted by molar-refractivity contribution is 6.08. The highest BCUT2D eigenvalue weighted by Crippen LogP contribution is 2.56. The van der Waals surface area contributed by atoms with Crippen molar-refractivity contribution in [3.05, 3.63) is 79.9 Å². The van der Waals surface area contributed by atoms with Crippen molar-refractivity contribution in [3.8, 4) is 0 Å². The van der Waals surface area contributed by atoms with Gasteiger partial charge in [0, 0.05) is 29.8 Å². The molecule has 2 aromatic carbocycles. The zero-order chi connectivity index (χ0) is 24.1. The Bertz CT molecular complexity index is 1180. The summed E-state index contributed by atoms with van der Waals surface area (Å²) in [4.78, 5) is 61.0. The van der Waals surface area contributed by atoms with E-state index < -0.39 is 39.4 Å². The molecule has 11 nitrogen and oxygen atoms in total. The number of hydrogen-bond acceptors (Lipinski definition) is 7. The Kier molecular flexibility index (Phi) is 5.11. The predicted molar refractivity (Wildman–Crippen MR) is 116 cm³/mol. The van der Waals surface area contributed by atoms with Gasteiger partial charge >= 0.3 is 0 Å². The summed E-state index contributed by atoms with van der Waals surface area (Å²) in [5.74, 6) is -2.08. The Morgan fingerprint density at radius 1 is 0.853 bits per heavy atom. The molecule has 174 valence electrons. The van der Waals surface area contributed by atoms with E-state index in [1.807, 2.05) is 0 Å². The third-order valence-electron chi connectivity index (χ3n) is 7.18. The molecule has 1 aliphatic heterocycles. The number of fused-ring (bicyclic) bond motifs is 5. The van der Waals surface area contributed by atoms with E-state index in [1.54, 1.807) is 0 Å². The summed E-state index contributed by atoms with van der Waals surface area (Å²) >= 11 is 0. The van der Waals surface area contributed by atoms with Gasteiger partial charge in [-0.3, -0.25) is 34.6 Å². The van der Waals surface area contributed by atoms with Crippen molar-refractivity contribution < 1.29 is 24.2 Å². The third-order valence-corrected chi connectivity index (χ3v) is 7.18. The van der Waals surface area contributed by atoms with Gasteiger partial charge in [-0.15, -0.1) is 0 Å². The molecule has 0 unspecified atom stereocenters. The molecule has 3 aliphatic rings. The minimum absolute atomic E-state index is 0.0770. The summed E-state index contributed by atoms with van der Waals surface area (Å²) in [5, 5.41) is 23.9. The van der Waals surface area contributed by atoms with Crippen LogP contribution in [-0.4, -0.2) is 37.6 Å². The quantitative estimate of drug-likeness (QED) is 0.363. The molecule has 0 aromatic heterocycles. The van der Waals surface area contributed by atoms with Gasteiger partial charge in [0.05, 0.1) is 28.2 Å². The molecule has 2 bridgehead atoms. The number of amides is 3. The topological polar surface area (TPSA) is 144 Å². The molecule has 1 saturated heterocycles. The Balaban J connectivity index is 1.49. The van der Waals surface area contributed by atoms with E-state index in [1.165, 1.54) is 48.5 Å². The van der Waals surface area contributed by atoms with Gasteiger partial charge in [0.25, 0.3) is 29.1 Å². The molecule has 34 heavy (non-hydrogen) atoms. The summed E-state index contributed by atoms with van der Waals surface area (Å²) in [7, 11) is 0. The minimum atomic E-state index is -0.665. The lowest BCUT2D eigenvalue weighted by atomic mass is 9.81. The number of hydrazine groups is 1. The van der Waals surface area contributed by atoms with Crippen LogP contribution in [0.5, 0.6) is 0 Å². The first-order chi connectivity index (χ1) is 16.3. The van der Waals surface area contributed by atoms with E-state index in [9.17, 15) is 34.6 Å². The van der Waals surface area contributed by atoms with Crippen molar-refractivity contribution >= 4 is 29.1 Å². The van der Waals surface area contributed by atoms with Crippen molar-refractivity contribution in [1.29, 1.82) is 0 Å². The number of carbonyl (C=O) groups excluding carboxylic acids is 3. The molecule has 3 fully saturated rings. The van der Waals surface area contributed by atoms with Gasteiger partial charge in [0.15, 0.2) is 0 Å². The number of hydrogen-bond donors (Lipinski definition) is 0. The van der Waals surface area contributed by atoms with E-state index in [2.05, 4.69) is 0 Å². The number of nitro groups is 2. The number of nitro benzene ring substituents is 2. The van der Waals surface area contributed by atoms with Gasteiger partial charge in [-0.05, 0) is 48.8 Å². The SMILES string of the molecule is O=C(c1ccc([N+](=O)[O-])cc1)N(Cc1ccc([N+](=O)[O-])cc1)N1C(=O)[C@@H]2[C@H]3CC[C@@H](C3)[C@@H]2C1=O. The lowest BCUT2D eigenvalue weighted by Gasteiger charge is -2.31. The highest BCUT2D eigenvalue weighted by atomic mass is 16.6. The first-order valence-electron chi connectivity index (χ1n) is 10.9. The molecule has 11 heteroatoms. The van der Waals surface area contributed by atoms with Crippen LogP contribution in [0.4, 0.5) is 11.4 Å². The molecule has 0 N–H and O–H groups in total. The molecule has 0 spiro atoms. The molecule has 2 aromatic rings. The second-order valence-corrected chi connectivity index (χ2v) is 8.96. The fourth-order valence-corrected chi connectivity index (χ4v) is 5.64. The number of imide groups is 1. The monoisotopic (exact) mass is 464 g/mol. The van der Waals surface area contributed by atoms with Gasteiger partial charge in [-0.2, -0.15) is 5.01 Å². The average molecular weight is 464 g/mol. The number of carbonyl (C=O) groups is 3. The first-order valence-corrected chi connectivity index (χ1v) is 10.9. The normalized spacial score (nSPS) is 24.9. The van der Waals surface area contributed by atoms with E-state index in [0.29, 0.717) is 5.56 Å². The highest BCUT2D eigenvalue weighted by Gasteiger charge is 2.62. The standard InChI is InChI=1S/C23H20N4O7/c28-21(14-5-9-18(10-6-14)27(33)34)24(12-13-1-7-17(8-2-13)26(31)32)25-22(29)19-15-3-4-16(11-15)20(19)23(25)30/h1-2,5-10,15-16,19-20H,3-4,11-12H2/t15-,16-,19-,20+/m0/s1. The van der Waals surface area contributed by atoms with Crippen molar-refractivity contribution in [3.63, 3.8) is 0 Å². The van der Waals surface area contributed by atoms with Crippen LogP contribution < -0.4 is 0 Å². The maximum Gasteiger partial charge on any atom is 0.273 e. The largest absolute Gasteiger partial charge is 0.273 e. The van der Waals surface area contributed by atoms with Gasteiger partial charge in [-0.25, -0.2) is 5.01 Å². The Morgan fingerprint density at radius 2 is 1.32 bits per heavy atom. The fraction of sp³-hybridized carbons (Fsp3) is 0.348. The number of rotatable bonds is 6. The van der Waals surface area contributed by atoms with E-state index in [0.717, 1.165) is 29.3 Å². The van der Waals surface area contributed by atoms with Crippen LogP contribution in [0.25, 0.3) is 0 Å². The van der Waals surface area contributed by atoms with Crippen LogP contribution in [0.15, 0.2) is 48.5 Å². The molecule has 4 atom stereocenters. The van der Waals surface area contributed by atoms with Crippen molar-refractivity contribution in [1.82, 2.24) is 10.0 Å². The summed E-state index contributed by atoms with van der Waals surface area (Å²) in [5.41, 5.74) is 0.240. The van der Waals surface area contributed by atoms with Gasteiger partial charge in [-0.1, -0.05) is 12.1 Å². The van der Waals surface area contributed by atoms with Crippen molar-refractivity contribution in [2.75, 3.05) is 0 Å². The summed E-state index contributed by atoms with van der Waals surface area (Å²) in [6.07, 6.45) is 2.62. The maximum absolute atomic E-state index is 13.5. The minimum Gasteiger partial charge on any atom is -0.272 e. The van der Waals surface area contributed by atoms with E-state index in [-0.39, 0.29) is 35.3 Å². The molecule has 3 amide bonds.